The maximum absolute atomic E-state index is 11.8. The number of carbonyl (C=O) groups is 1. The van der Waals surface area contributed by atoms with Crippen LogP contribution in [0.1, 0.15) is 19.8 Å². The van der Waals surface area contributed by atoms with Crippen LogP contribution in [-0.2, 0) is 10.3 Å². The molecule has 0 radical (unpaired) electrons. The molecule has 1 aromatic heterocycles. The molecule has 1 fully saturated rings. The van der Waals surface area contributed by atoms with E-state index in [1.165, 1.54) is 0 Å². The van der Waals surface area contributed by atoms with E-state index in [4.69, 9.17) is 0 Å². The molecule has 4 heteroatoms. The number of carbonyl (C=O) groups excluding carboxylic acids is 1. The Morgan fingerprint density at radius 1 is 1.50 bits per heavy atom. The number of nitrogens with zero attached hydrogens (tertiary/aromatic N) is 2. The van der Waals surface area contributed by atoms with Gasteiger partial charge < -0.3 is 4.57 Å². The number of rotatable bonds is 2. The van der Waals surface area contributed by atoms with Crippen molar-refractivity contribution in [2.75, 3.05) is 11.5 Å². The molecule has 0 saturated carbocycles. The predicted octanol–water partition coefficient (Wildman–Crippen LogP) is 1.69. The molecule has 0 atom stereocenters. The Kier molecular flexibility index (Phi) is 2.63. The maximum Gasteiger partial charge on any atom is 0.155 e. The average molecular weight is 210 g/mol. The molecular weight excluding hydrogens is 196 g/mol. The molecule has 1 aromatic rings. The van der Waals surface area contributed by atoms with Crippen molar-refractivity contribution in [1.29, 1.82) is 0 Å². The summed E-state index contributed by atoms with van der Waals surface area (Å²) in [5.74, 6) is 2.39. The highest BCUT2D eigenvalue weighted by Gasteiger charge is 2.38. The van der Waals surface area contributed by atoms with E-state index in [1.54, 1.807) is 19.4 Å². The summed E-state index contributed by atoms with van der Waals surface area (Å²) in [5, 5.41) is 0. The van der Waals surface area contributed by atoms with E-state index < -0.39 is 0 Å². The van der Waals surface area contributed by atoms with E-state index in [2.05, 4.69) is 4.98 Å². The summed E-state index contributed by atoms with van der Waals surface area (Å²) < 4.78 is 1.98. The van der Waals surface area contributed by atoms with E-state index >= 15 is 0 Å². The summed E-state index contributed by atoms with van der Waals surface area (Å²) in [5.41, 5.74) is -0.304. The van der Waals surface area contributed by atoms with Gasteiger partial charge in [-0.05, 0) is 31.3 Å². The number of Topliss-reactive ketones (excluding diaryl/α,β-unsaturated/α-hetero) is 1. The quantitative estimate of drug-likeness (QED) is 0.745. The van der Waals surface area contributed by atoms with Crippen molar-refractivity contribution in [3.05, 3.63) is 18.7 Å². The number of hydrogen-bond donors (Lipinski definition) is 0. The second kappa shape index (κ2) is 3.77. The molecule has 14 heavy (non-hydrogen) atoms. The first-order chi connectivity index (χ1) is 6.76. The third-order valence-electron chi connectivity index (χ3n) is 2.97. The Morgan fingerprint density at radius 2 is 2.21 bits per heavy atom. The zero-order valence-electron chi connectivity index (χ0n) is 8.27. The van der Waals surface area contributed by atoms with Gasteiger partial charge in [0, 0.05) is 12.4 Å². The van der Waals surface area contributed by atoms with E-state index in [-0.39, 0.29) is 11.3 Å². The summed E-state index contributed by atoms with van der Waals surface area (Å²) in [6, 6.07) is 0. The minimum Gasteiger partial charge on any atom is -0.324 e. The van der Waals surface area contributed by atoms with Crippen LogP contribution in [0.15, 0.2) is 18.7 Å². The van der Waals surface area contributed by atoms with Gasteiger partial charge in [-0.15, -0.1) is 0 Å². The summed E-state index contributed by atoms with van der Waals surface area (Å²) in [7, 11) is 0. The minimum atomic E-state index is -0.304. The zero-order valence-corrected chi connectivity index (χ0v) is 9.09. The lowest BCUT2D eigenvalue weighted by atomic mass is 9.88. The fraction of sp³-hybridized carbons (Fsp3) is 0.600. The molecule has 2 rings (SSSR count). The van der Waals surface area contributed by atoms with Crippen molar-refractivity contribution >= 4 is 17.5 Å². The molecule has 76 valence electrons. The third-order valence-corrected chi connectivity index (χ3v) is 3.96. The zero-order chi connectivity index (χ0) is 10.0. The molecular formula is C10H14N2OS. The van der Waals surface area contributed by atoms with Crippen LogP contribution in [-0.4, -0.2) is 26.8 Å². The lowest BCUT2D eigenvalue weighted by Crippen LogP contribution is -2.43. The molecule has 3 nitrogen and oxygen atoms in total. The molecule has 0 spiro atoms. The maximum atomic E-state index is 11.8. The number of aromatic nitrogens is 2. The van der Waals surface area contributed by atoms with Gasteiger partial charge in [-0.25, -0.2) is 4.98 Å². The van der Waals surface area contributed by atoms with Gasteiger partial charge in [-0.1, -0.05) is 0 Å². The van der Waals surface area contributed by atoms with Gasteiger partial charge in [0.2, 0.25) is 0 Å². The van der Waals surface area contributed by atoms with Crippen LogP contribution in [0, 0.1) is 0 Å². The first-order valence-electron chi connectivity index (χ1n) is 4.83. The van der Waals surface area contributed by atoms with Crippen LogP contribution in [0.3, 0.4) is 0 Å². The SMILES string of the molecule is CC(=O)C1(n2ccnc2)CCSCC1. The Hall–Kier alpha value is -0.770. The highest BCUT2D eigenvalue weighted by atomic mass is 32.2. The summed E-state index contributed by atoms with van der Waals surface area (Å²) in [4.78, 5) is 15.8. The van der Waals surface area contributed by atoms with Gasteiger partial charge in [0.1, 0.15) is 5.54 Å². The Labute approximate surface area is 87.9 Å². The van der Waals surface area contributed by atoms with Crippen LogP contribution in [0.5, 0.6) is 0 Å². The van der Waals surface area contributed by atoms with Crippen LogP contribution < -0.4 is 0 Å². The van der Waals surface area contributed by atoms with Gasteiger partial charge in [-0.3, -0.25) is 4.79 Å². The van der Waals surface area contributed by atoms with E-state index in [0.29, 0.717) is 0 Å². The normalized spacial score (nSPS) is 20.6. The molecule has 1 aliphatic rings. The minimum absolute atomic E-state index is 0.260. The van der Waals surface area contributed by atoms with Crippen LogP contribution in [0.25, 0.3) is 0 Å². The predicted molar refractivity (Wildman–Crippen MR) is 57.4 cm³/mol. The Bertz CT molecular complexity index is 315. The monoisotopic (exact) mass is 210 g/mol. The van der Waals surface area contributed by atoms with E-state index in [9.17, 15) is 4.79 Å². The van der Waals surface area contributed by atoms with Gasteiger partial charge in [0.25, 0.3) is 0 Å². The van der Waals surface area contributed by atoms with Crippen molar-refractivity contribution in [3.63, 3.8) is 0 Å². The second-order valence-electron chi connectivity index (χ2n) is 3.67. The molecule has 0 aliphatic carbocycles. The first-order valence-corrected chi connectivity index (χ1v) is 5.98. The number of ketones is 1. The fourth-order valence-corrected chi connectivity index (χ4v) is 3.18. The molecule has 0 bridgehead atoms. The van der Waals surface area contributed by atoms with Crippen LogP contribution in [0.2, 0.25) is 0 Å². The molecule has 1 saturated heterocycles. The third kappa shape index (κ3) is 1.47. The number of thioether (sulfide) groups is 1. The highest BCUT2D eigenvalue weighted by molar-refractivity contribution is 7.99. The fourth-order valence-electron chi connectivity index (χ4n) is 2.01. The Morgan fingerprint density at radius 3 is 2.71 bits per heavy atom. The van der Waals surface area contributed by atoms with Gasteiger partial charge >= 0.3 is 0 Å². The van der Waals surface area contributed by atoms with Crippen molar-refractivity contribution in [2.45, 2.75) is 25.3 Å². The lowest BCUT2D eigenvalue weighted by molar-refractivity contribution is -0.125. The van der Waals surface area contributed by atoms with Gasteiger partial charge in [-0.2, -0.15) is 11.8 Å². The standard InChI is InChI=1S/C10H14N2OS/c1-9(13)10(2-6-14-7-3-10)12-5-4-11-8-12/h4-5,8H,2-3,6-7H2,1H3. The number of imidazole rings is 1. The molecule has 1 aliphatic heterocycles. The first kappa shape index (κ1) is 9.77. The van der Waals surface area contributed by atoms with Gasteiger partial charge in [0.05, 0.1) is 6.33 Å². The van der Waals surface area contributed by atoms with Crippen molar-refractivity contribution in [1.82, 2.24) is 9.55 Å². The smallest absolute Gasteiger partial charge is 0.155 e. The molecule has 0 unspecified atom stereocenters. The molecule has 2 heterocycles. The average Bonchev–Trinajstić information content (AvgIpc) is 2.72. The van der Waals surface area contributed by atoms with Crippen molar-refractivity contribution in [2.24, 2.45) is 0 Å². The Balaban J connectivity index is 2.35. The summed E-state index contributed by atoms with van der Waals surface area (Å²) in [6.45, 7) is 1.69. The largest absolute Gasteiger partial charge is 0.324 e. The topological polar surface area (TPSA) is 34.9 Å². The van der Waals surface area contributed by atoms with E-state index in [1.807, 2.05) is 22.5 Å². The van der Waals surface area contributed by atoms with E-state index in [0.717, 1.165) is 24.3 Å². The van der Waals surface area contributed by atoms with Crippen LogP contribution >= 0.6 is 11.8 Å². The molecule has 0 N–H and O–H groups in total. The number of hydrogen-bond acceptors (Lipinski definition) is 3. The highest BCUT2D eigenvalue weighted by Crippen LogP contribution is 2.34. The molecule has 0 aromatic carbocycles. The van der Waals surface area contributed by atoms with Crippen molar-refractivity contribution in [3.8, 4) is 0 Å². The van der Waals surface area contributed by atoms with Crippen molar-refractivity contribution < 1.29 is 4.79 Å². The second-order valence-corrected chi connectivity index (χ2v) is 4.89. The lowest BCUT2D eigenvalue weighted by Gasteiger charge is -2.35. The summed E-state index contributed by atoms with van der Waals surface area (Å²) >= 11 is 1.93. The summed E-state index contributed by atoms with van der Waals surface area (Å²) in [6.07, 6.45) is 7.27. The van der Waals surface area contributed by atoms with Crippen LogP contribution in [0.4, 0.5) is 0 Å². The van der Waals surface area contributed by atoms with Gasteiger partial charge in [0.15, 0.2) is 5.78 Å². The molecule has 0 amide bonds.